The van der Waals surface area contributed by atoms with E-state index in [0.29, 0.717) is 43.4 Å². The minimum atomic E-state index is -3.86. The van der Waals surface area contributed by atoms with Gasteiger partial charge in [-0.2, -0.15) is 0 Å². The van der Waals surface area contributed by atoms with Crippen LogP contribution in [0.1, 0.15) is 0 Å². The van der Waals surface area contributed by atoms with E-state index in [0.717, 1.165) is 0 Å². The van der Waals surface area contributed by atoms with Gasteiger partial charge in [-0.15, -0.1) is 25.3 Å². The highest BCUT2D eigenvalue weighted by molar-refractivity contribution is 7.91. The van der Waals surface area contributed by atoms with Crippen LogP contribution in [-0.2, 0) is 9.84 Å². The lowest BCUT2D eigenvalue weighted by Gasteiger charge is -2.15. The molecule has 0 atom stereocenters. The van der Waals surface area contributed by atoms with Crippen molar-refractivity contribution in [1.82, 2.24) is 0 Å². The van der Waals surface area contributed by atoms with Crippen molar-refractivity contribution in [2.24, 2.45) is 0 Å². The minimum Gasteiger partial charge on any atom is -0.398 e. The molecular weight excluding hydrogens is 444 g/mol. The maximum Gasteiger partial charge on any atom is 0.207 e. The maximum atomic E-state index is 13.8. The van der Waals surface area contributed by atoms with E-state index in [4.69, 9.17) is 11.5 Å². The van der Waals surface area contributed by atoms with Crippen molar-refractivity contribution in [3.63, 3.8) is 0 Å². The number of sulfone groups is 1. The molecule has 4 nitrogen and oxygen atoms in total. The lowest BCUT2D eigenvalue weighted by Crippen LogP contribution is -2.06. The second kappa shape index (κ2) is 8.34. The lowest BCUT2D eigenvalue weighted by molar-refractivity contribution is 0.596. The summed E-state index contributed by atoms with van der Waals surface area (Å²) in [5.41, 5.74) is 15.5. The molecule has 0 aliphatic carbocycles. The molecule has 0 amide bonds. The summed E-state index contributed by atoms with van der Waals surface area (Å²) in [6.07, 6.45) is 0. The van der Waals surface area contributed by atoms with E-state index in [2.05, 4.69) is 25.3 Å². The van der Waals surface area contributed by atoms with Crippen LogP contribution >= 0.6 is 25.3 Å². The molecule has 0 bridgehead atoms. The second-order valence-corrected chi connectivity index (χ2v) is 9.89. The van der Waals surface area contributed by atoms with Crippen LogP contribution in [-0.4, -0.2) is 8.42 Å². The van der Waals surface area contributed by atoms with Crippen molar-refractivity contribution in [3.8, 4) is 22.3 Å². The molecule has 0 saturated heterocycles. The van der Waals surface area contributed by atoms with E-state index in [9.17, 15) is 8.42 Å². The molecule has 0 fully saturated rings. The van der Waals surface area contributed by atoms with Crippen LogP contribution in [0.25, 0.3) is 22.3 Å². The lowest BCUT2D eigenvalue weighted by atomic mass is 10.0. The van der Waals surface area contributed by atoms with Gasteiger partial charge in [0.15, 0.2) is 0 Å². The van der Waals surface area contributed by atoms with Gasteiger partial charge in [-0.05, 0) is 47.5 Å². The molecule has 0 aliphatic rings. The number of rotatable bonds is 4. The summed E-state index contributed by atoms with van der Waals surface area (Å²) in [7, 11) is -3.86. The van der Waals surface area contributed by atoms with Gasteiger partial charge in [-0.1, -0.05) is 48.5 Å². The summed E-state index contributed by atoms with van der Waals surface area (Å²) >= 11 is 8.62. The fourth-order valence-electron chi connectivity index (χ4n) is 3.44. The second-order valence-electron chi connectivity index (χ2n) is 7.04. The van der Waals surface area contributed by atoms with Crippen LogP contribution in [0.15, 0.2) is 105 Å². The zero-order chi connectivity index (χ0) is 22.2. The molecule has 0 unspecified atom stereocenters. The van der Waals surface area contributed by atoms with E-state index < -0.39 is 9.84 Å². The van der Waals surface area contributed by atoms with Crippen molar-refractivity contribution in [3.05, 3.63) is 84.9 Å². The molecule has 4 aromatic carbocycles. The first-order valence-electron chi connectivity index (χ1n) is 9.40. The van der Waals surface area contributed by atoms with Crippen LogP contribution in [0.4, 0.5) is 11.4 Å². The Bertz CT molecular complexity index is 1300. The quantitative estimate of drug-likeness (QED) is 0.234. The number of nitrogen functional groups attached to an aromatic ring is 2. The molecule has 0 aromatic heterocycles. The first kappa shape index (κ1) is 21.4. The molecule has 4 rings (SSSR count). The Kier molecular flexibility index (Phi) is 5.75. The smallest absolute Gasteiger partial charge is 0.207 e. The van der Waals surface area contributed by atoms with E-state index >= 15 is 0 Å². The third-order valence-electron chi connectivity index (χ3n) is 5.03. The molecule has 0 saturated carbocycles. The normalized spacial score (nSPS) is 11.4. The summed E-state index contributed by atoms with van der Waals surface area (Å²) in [4.78, 5) is 1.68. The van der Waals surface area contributed by atoms with Crippen molar-refractivity contribution < 1.29 is 8.42 Å². The predicted octanol–water partition coefficient (Wildman–Crippen LogP) is 5.60. The van der Waals surface area contributed by atoms with Gasteiger partial charge in [0.2, 0.25) is 9.84 Å². The minimum absolute atomic E-state index is 0.201. The van der Waals surface area contributed by atoms with Crippen molar-refractivity contribution in [1.29, 1.82) is 0 Å². The fourth-order valence-corrected chi connectivity index (χ4v) is 5.42. The molecule has 156 valence electrons. The van der Waals surface area contributed by atoms with Gasteiger partial charge in [0, 0.05) is 32.3 Å². The fraction of sp³-hybridized carbons (Fsp3) is 0. The molecule has 7 heteroatoms. The number of nitrogens with two attached hydrogens (primary N) is 2. The number of hydrogen-bond acceptors (Lipinski definition) is 6. The van der Waals surface area contributed by atoms with Gasteiger partial charge in [0.25, 0.3) is 0 Å². The Balaban J connectivity index is 1.92. The summed E-state index contributed by atoms with van der Waals surface area (Å²) < 4.78 is 27.7. The Morgan fingerprint density at radius 1 is 0.581 bits per heavy atom. The van der Waals surface area contributed by atoms with Gasteiger partial charge in [0.05, 0.1) is 9.79 Å². The maximum absolute atomic E-state index is 13.8. The molecule has 31 heavy (non-hydrogen) atoms. The largest absolute Gasteiger partial charge is 0.398 e. The monoisotopic (exact) mass is 464 g/mol. The van der Waals surface area contributed by atoms with Gasteiger partial charge in [-0.25, -0.2) is 8.42 Å². The SMILES string of the molecule is Nc1cc(-c2ccccc2S(=O)(=O)c2ccccc2-c2ccc(S)c(N)c2)ccc1S. The van der Waals surface area contributed by atoms with E-state index in [-0.39, 0.29) is 9.79 Å². The van der Waals surface area contributed by atoms with Gasteiger partial charge < -0.3 is 11.5 Å². The zero-order valence-corrected chi connectivity index (χ0v) is 19.0. The summed E-state index contributed by atoms with van der Waals surface area (Å²) in [5, 5.41) is 0. The van der Waals surface area contributed by atoms with Gasteiger partial charge in [-0.3, -0.25) is 0 Å². The molecular formula is C24H20N2O2S3. The van der Waals surface area contributed by atoms with Gasteiger partial charge in [0.1, 0.15) is 0 Å². The first-order valence-corrected chi connectivity index (χ1v) is 11.8. The Hall–Kier alpha value is -2.87. The average Bonchev–Trinajstić information content (AvgIpc) is 2.77. The van der Waals surface area contributed by atoms with Crippen molar-refractivity contribution >= 4 is 46.5 Å². The Morgan fingerprint density at radius 2 is 0.968 bits per heavy atom. The Labute approximate surface area is 192 Å². The molecule has 0 heterocycles. The zero-order valence-electron chi connectivity index (χ0n) is 16.4. The summed E-state index contributed by atoms with van der Waals surface area (Å²) in [5.74, 6) is 0. The van der Waals surface area contributed by atoms with Gasteiger partial charge >= 0.3 is 0 Å². The van der Waals surface area contributed by atoms with Crippen LogP contribution in [0, 0.1) is 0 Å². The average molecular weight is 465 g/mol. The third kappa shape index (κ3) is 4.04. The van der Waals surface area contributed by atoms with Crippen LogP contribution in [0.3, 0.4) is 0 Å². The van der Waals surface area contributed by atoms with Crippen LogP contribution in [0.5, 0.6) is 0 Å². The highest BCUT2D eigenvalue weighted by atomic mass is 32.2. The molecule has 4 N–H and O–H groups in total. The molecule has 0 spiro atoms. The van der Waals surface area contributed by atoms with Crippen LogP contribution < -0.4 is 11.5 Å². The molecule has 0 radical (unpaired) electrons. The van der Waals surface area contributed by atoms with E-state index in [1.165, 1.54) is 0 Å². The topological polar surface area (TPSA) is 86.2 Å². The highest BCUT2D eigenvalue weighted by Crippen LogP contribution is 2.37. The molecule has 4 aromatic rings. The highest BCUT2D eigenvalue weighted by Gasteiger charge is 2.25. The standard InChI is InChI=1S/C24H20N2O2S3/c25-19-13-15(9-11-21(19)29)17-5-1-3-7-23(17)31(27,28)24-8-4-2-6-18(24)16-10-12-22(30)20(26)14-16/h1-14,29-30H,25-26H2. The van der Waals surface area contributed by atoms with Crippen LogP contribution in [0.2, 0.25) is 0 Å². The summed E-state index contributed by atoms with van der Waals surface area (Å²) in [6.45, 7) is 0. The number of benzene rings is 4. The van der Waals surface area contributed by atoms with Crippen molar-refractivity contribution in [2.45, 2.75) is 19.6 Å². The summed E-state index contributed by atoms with van der Waals surface area (Å²) in [6, 6.07) is 24.4. The predicted molar refractivity (Wildman–Crippen MR) is 133 cm³/mol. The number of anilines is 2. The van der Waals surface area contributed by atoms with E-state index in [1.54, 1.807) is 72.8 Å². The first-order chi connectivity index (χ1) is 14.8. The third-order valence-corrected chi connectivity index (χ3v) is 7.71. The number of thiol groups is 2. The number of hydrogen-bond donors (Lipinski definition) is 4. The van der Waals surface area contributed by atoms with Crippen molar-refractivity contribution in [2.75, 3.05) is 11.5 Å². The Morgan fingerprint density at radius 3 is 1.35 bits per heavy atom. The molecule has 0 aliphatic heterocycles. The van der Waals surface area contributed by atoms with E-state index in [1.807, 2.05) is 12.1 Å².